The second-order valence-electron chi connectivity index (χ2n) is 0.846. The minimum absolute atomic E-state index is 0.0207. The molecule has 3 nitrogen and oxygen atoms in total. The summed E-state index contributed by atoms with van der Waals surface area (Å²) >= 11 is 1.60. The average molecular weight is 210 g/mol. The van der Waals surface area contributed by atoms with Crippen LogP contribution >= 0.6 is 22.6 Å². The minimum Gasteiger partial charge on any atom is -0.296 e. The molecule has 0 amide bonds. The highest BCUT2D eigenvalue weighted by molar-refractivity contribution is 14.1. The summed E-state index contributed by atoms with van der Waals surface area (Å²) in [6, 6.07) is 0. The van der Waals surface area contributed by atoms with Crippen molar-refractivity contribution in [3.05, 3.63) is 0 Å². The van der Waals surface area contributed by atoms with Crippen molar-refractivity contribution in [2.24, 2.45) is 0 Å². The summed E-state index contributed by atoms with van der Waals surface area (Å²) in [5.74, 6) is 0. The summed E-state index contributed by atoms with van der Waals surface area (Å²) in [7, 11) is 0. The molecule has 0 fully saturated rings. The van der Waals surface area contributed by atoms with Crippen LogP contribution in [0.3, 0.4) is 0 Å². The summed E-state index contributed by atoms with van der Waals surface area (Å²) in [5, 5.41) is 13.2. The van der Waals surface area contributed by atoms with Gasteiger partial charge < -0.3 is 0 Å². The first kappa shape index (κ1) is 6.74. The third kappa shape index (κ3) is 2.44. The highest BCUT2D eigenvalue weighted by Gasteiger charge is 1.93. The molecule has 0 saturated heterocycles. The highest BCUT2D eigenvalue weighted by atomic mass is 127. The maximum Gasteiger partial charge on any atom is 0.170 e. The number of nitrogens with one attached hydrogen (secondary N) is 2. The van der Waals surface area contributed by atoms with Gasteiger partial charge in [-0.2, -0.15) is 0 Å². The van der Waals surface area contributed by atoms with Crippen LogP contribution in [-0.2, 0) is 4.79 Å². The van der Waals surface area contributed by atoms with Gasteiger partial charge in [-0.05, 0) is 22.6 Å². The van der Waals surface area contributed by atoms with E-state index in [0.29, 0.717) is 6.29 Å². The normalized spacial score (nSPS) is 7.57. The Morgan fingerprint density at radius 1 is 1.57 bits per heavy atom. The van der Waals surface area contributed by atoms with Gasteiger partial charge in [0.25, 0.3) is 0 Å². The number of halogens is 1. The quantitative estimate of drug-likeness (QED) is 0.391. The van der Waals surface area contributed by atoms with Crippen molar-refractivity contribution >= 4 is 38.3 Å². The van der Waals surface area contributed by atoms with Crippen LogP contribution in [0.5, 0.6) is 0 Å². The molecule has 0 aliphatic heterocycles. The standard InChI is InChI=1S/C3H3IN2O/c4-3(6)2(5)1-7/h1,5-6H. The van der Waals surface area contributed by atoms with E-state index in [9.17, 15) is 4.79 Å². The Kier molecular flexibility index (Phi) is 2.73. The molecule has 0 aliphatic rings. The van der Waals surface area contributed by atoms with Crippen LogP contribution in [0.2, 0.25) is 0 Å². The molecule has 0 bridgehead atoms. The van der Waals surface area contributed by atoms with Crippen LogP contribution in [0.25, 0.3) is 0 Å². The highest BCUT2D eigenvalue weighted by Crippen LogP contribution is 1.84. The van der Waals surface area contributed by atoms with E-state index in [-0.39, 0.29) is 9.43 Å². The van der Waals surface area contributed by atoms with Crippen molar-refractivity contribution in [1.29, 1.82) is 10.8 Å². The molecule has 0 aliphatic carbocycles. The first-order chi connectivity index (χ1) is 3.18. The third-order valence-electron chi connectivity index (χ3n) is 0.354. The summed E-state index contributed by atoms with van der Waals surface area (Å²) in [6.07, 6.45) is 0.342. The minimum atomic E-state index is -0.263. The lowest BCUT2D eigenvalue weighted by molar-refractivity contribution is -0.102. The molecular formula is C3H3IN2O. The Hall–Kier alpha value is -0.260. The van der Waals surface area contributed by atoms with Gasteiger partial charge in [0.1, 0.15) is 9.43 Å². The molecular weight excluding hydrogens is 207 g/mol. The molecule has 38 valence electrons. The Labute approximate surface area is 54.3 Å². The van der Waals surface area contributed by atoms with Crippen LogP contribution in [0.1, 0.15) is 0 Å². The zero-order chi connectivity index (χ0) is 5.86. The van der Waals surface area contributed by atoms with E-state index >= 15 is 0 Å². The fraction of sp³-hybridized carbons (Fsp3) is 0. The van der Waals surface area contributed by atoms with Gasteiger partial charge in [0.2, 0.25) is 0 Å². The Morgan fingerprint density at radius 3 is 2.00 bits per heavy atom. The Morgan fingerprint density at radius 2 is 2.00 bits per heavy atom. The van der Waals surface area contributed by atoms with E-state index in [1.54, 1.807) is 22.6 Å². The molecule has 0 saturated carbocycles. The average Bonchev–Trinajstić information content (AvgIpc) is 1.65. The Balaban J connectivity index is 3.81. The van der Waals surface area contributed by atoms with E-state index in [4.69, 9.17) is 10.8 Å². The van der Waals surface area contributed by atoms with Crippen molar-refractivity contribution in [3.8, 4) is 0 Å². The summed E-state index contributed by atoms with van der Waals surface area (Å²) in [4.78, 5) is 9.58. The summed E-state index contributed by atoms with van der Waals surface area (Å²) in [6.45, 7) is 0. The van der Waals surface area contributed by atoms with Gasteiger partial charge >= 0.3 is 0 Å². The van der Waals surface area contributed by atoms with Gasteiger partial charge in [0.15, 0.2) is 6.29 Å². The lowest BCUT2D eigenvalue weighted by Gasteiger charge is -1.80. The number of rotatable bonds is 2. The van der Waals surface area contributed by atoms with E-state index in [1.807, 2.05) is 0 Å². The van der Waals surface area contributed by atoms with Crippen molar-refractivity contribution in [1.82, 2.24) is 0 Å². The SMILES string of the molecule is N=C(I)C(=N)C=O. The summed E-state index contributed by atoms with van der Waals surface area (Å²) < 4.78 is -0.0207. The van der Waals surface area contributed by atoms with Gasteiger partial charge in [-0.15, -0.1) is 0 Å². The molecule has 7 heavy (non-hydrogen) atoms. The zero-order valence-electron chi connectivity index (χ0n) is 3.36. The Bertz CT molecular complexity index is 120. The van der Waals surface area contributed by atoms with Crippen molar-refractivity contribution in [2.75, 3.05) is 0 Å². The van der Waals surface area contributed by atoms with Crippen LogP contribution in [0.4, 0.5) is 0 Å². The van der Waals surface area contributed by atoms with Crippen LogP contribution in [0, 0.1) is 10.8 Å². The molecule has 2 N–H and O–H groups in total. The largest absolute Gasteiger partial charge is 0.296 e. The van der Waals surface area contributed by atoms with E-state index < -0.39 is 0 Å². The second-order valence-corrected chi connectivity index (χ2v) is 1.92. The number of aldehydes is 1. The lowest BCUT2D eigenvalue weighted by atomic mass is 10.5. The molecule has 0 unspecified atom stereocenters. The van der Waals surface area contributed by atoms with Crippen LogP contribution in [0.15, 0.2) is 0 Å². The molecule has 4 heteroatoms. The second kappa shape index (κ2) is 2.84. The molecule has 0 heterocycles. The van der Waals surface area contributed by atoms with Gasteiger partial charge in [0, 0.05) is 0 Å². The number of hydrogen-bond acceptors (Lipinski definition) is 3. The number of hydrogen-bond donors (Lipinski definition) is 2. The zero-order valence-corrected chi connectivity index (χ0v) is 5.52. The van der Waals surface area contributed by atoms with Crippen LogP contribution < -0.4 is 0 Å². The molecule has 0 rings (SSSR count). The number of carbonyl (C=O) groups is 1. The third-order valence-corrected chi connectivity index (χ3v) is 0.935. The molecule has 0 atom stereocenters. The topological polar surface area (TPSA) is 64.8 Å². The monoisotopic (exact) mass is 210 g/mol. The van der Waals surface area contributed by atoms with E-state index in [1.165, 1.54) is 0 Å². The molecule has 0 aromatic carbocycles. The molecule has 0 aromatic heterocycles. The number of carbonyl (C=O) groups excluding carboxylic acids is 1. The molecule has 0 spiro atoms. The van der Waals surface area contributed by atoms with E-state index in [0.717, 1.165) is 0 Å². The van der Waals surface area contributed by atoms with E-state index in [2.05, 4.69) is 0 Å². The first-order valence-electron chi connectivity index (χ1n) is 1.46. The lowest BCUT2D eigenvalue weighted by Crippen LogP contribution is -2.03. The van der Waals surface area contributed by atoms with Gasteiger partial charge in [-0.1, -0.05) is 0 Å². The molecule has 0 radical (unpaired) electrons. The maximum atomic E-state index is 9.58. The predicted molar refractivity (Wildman–Crippen MR) is 35.5 cm³/mol. The fourth-order valence-corrected chi connectivity index (χ4v) is 0.179. The summed E-state index contributed by atoms with van der Waals surface area (Å²) in [5.41, 5.74) is -0.263. The van der Waals surface area contributed by atoms with Gasteiger partial charge in [0.05, 0.1) is 0 Å². The smallest absolute Gasteiger partial charge is 0.170 e. The maximum absolute atomic E-state index is 9.58. The van der Waals surface area contributed by atoms with Crippen molar-refractivity contribution in [3.63, 3.8) is 0 Å². The van der Waals surface area contributed by atoms with Crippen LogP contribution in [-0.4, -0.2) is 15.7 Å². The molecule has 0 aromatic rings. The van der Waals surface area contributed by atoms with Gasteiger partial charge in [-0.25, -0.2) is 0 Å². The fourth-order valence-electron chi connectivity index (χ4n) is 0.0517. The van der Waals surface area contributed by atoms with Crippen molar-refractivity contribution in [2.45, 2.75) is 0 Å². The predicted octanol–water partition coefficient (Wildman–Crippen LogP) is 0.617. The van der Waals surface area contributed by atoms with Gasteiger partial charge in [-0.3, -0.25) is 15.6 Å². The first-order valence-corrected chi connectivity index (χ1v) is 2.54. The van der Waals surface area contributed by atoms with Crippen molar-refractivity contribution < 1.29 is 4.79 Å².